The zero-order chi connectivity index (χ0) is 19.2. The zero-order valence-electron chi connectivity index (χ0n) is 15.9. The number of anilines is 1. The summed E-state index contributed by atoms with van der Waals surface area (Å²) < 4.78 is 0. The fourth-order valence-electron chi connectivity index (χ4n) is 3.20. The average molecular weight is 387 g/mol. The topological polar surface area (TPSA) is 69.3 Å². The maximum absolute atomic E-state index is 12.5. The molecule has 1 aromatic heterocycles. The number of H-pyrrole nitrogens is 1. The molecule has 2 heterocycles. The molecule has 1 saturated heterocycles. The van der Waals surface area contributed by atoms with E-state index in [0.29, 0.717) is 24.0 Å². The van der Waals surface area contributed by atoms with E-state index < -0.39 is 0 Å². The largest absolute Gasteiger partial charge is 0.368 e. The van der Waals surface area contributed by atoms with E-state index in [0.717, 1.165) is 31.6 Å². The van der Waals surface area contributed by atoms with Crippen molar-refractivity contribution in [3.63, 3.8) is 0 Å². The standard InChI is InChI=1S/C20H26N4O2S/c1-3-5-16-13-18(25)22-20(21-16)27-14-19(26)24-10-8-23(9-11-24)17-7-4-6-15(2)12-17/h4,6-7,12-13H,3,5,8-11,14H2,1-2H3,(H,21,22,25). The number of aromatic amines is 1. The Bertz CT molecular complexity index is 844. The quantitative estimate of drug-likeness (QED) is 0.610. The minimum atomic E-state index is -0.157. The van der Waals surface area contributed by atoms with Crippen molar-refractivity contribution in [1.29, 1.82) is 0 Å². The van der Waals surface area contributed by atoms with Crippen LogP contribution in [0.3, 0.4) is 0 Å². The third-order valence-electron chi connectivity index (χ3n) is 4.61. The number of nitrogens with zero attached hydrogens (tertiary/aromatic N) is 3. The number of aryl methyl sites for hydroxylation is 2. The SMILES string of the molecule is CCCc1cc(=O)[nH]c(SCC(=O)N2CCN(c3cccc(C)c3)CC2)n1. The number of thioether (sulfide) groups is 1. The Labute approximate surface area is 164 Å². The minimum absolute atomic E-state index is 0.0902. The van der Waals surface area contributed by atoms with Crippen LogP contribution in [0.4, 0.5) is 5.69 Å². The molecule has 1 fully saturated rings. The lowest BCUT2D eigenvalue weighted by Gasteiger charge is -2.36. The van der Waals surface area contributed by atoms with E-state index in [9.17, 15) is 9.59 Å². The first kappa shape index (κ1) is 19.5. The van der Waals surface area contributed by atoms with E-state index in [1.165, 1.54) is 29.1 Å². The van der Waals surface area contributed by atoms with E-state index in [1.54, 1.807) is 0 Å². The maximum Gasteiger partial charge on any atom is 0.251 e. The average Bonchev–Trinajstić information content (AvgIpc) is 2.66. The van der Waals surface area contributed by atoms with Gasteiger partial charge in [-0.15, -0.1) is 0 Å². The summed E-state index contributed by atoms with van der Waals surface area (Å²) in [5.41, 5.74) is 3.08. The Morgan fingerprint density at radius 3 is 2.70 bits per heavy atom. The maximum atomic E-state index is 12.5. The van der Waals surface area contributed by atoms with Gasteiger partial charge in [0.2, 0.25) is 5.91 Å². The first-order valence-corrected chi connectivity index (χ1v) is 10.4. The van der Waals surface area contributed by atoms with Crippen LogP contribution < -0.4 is 10.5 Å². The molecule has 0 saturated carbocycles. The molecule has 0 bridgehead atoms. The van der Waals surface area contributed by atoms with Gasteiger partial charge in [-0.05, 0) is 31.0 Å². The van der Waals surface area contributed by atoms with Gasteiger partial charge in [0.1, 0.15) is 0 Å². The van der Waals surface area contributed by atoms with Crippen molar-refractivity contribution in [3.05, 3.63) is 51.9 Å². The summed E-state index contributed by atoms with van der Waals surface area (Å²) in [6.07, 6.45) is 1.71. The number of rotatable bonds is 6. The molecule has 0 atom stereocenters. The Kier molecular flexibility index (Phi) is 6.55. The number of carbonyl (C=O) groups excluding carboxylic acids is 1. The number of amides is 1. The van der Waals surface area contributed by atoms with Crippen molar-refractivity contribution in [2.24, 2.45) is 0 Å². The number of piperazine rings is 1. The van der Waals surface area contributed by atoms with Gasteiger partial charge in [0.15, 0.2) is 5.16 Å². The van der Waals surface area contributed by atoms with Crippen LogP contribution >= 0.6 is 11.8 Å². The smallest absolute Gasteiger partial charge is 0.251 e. The predicted molar refractivity (Wildman–Crippen MR) is 110 cm³/mol. The van der Waals surface area contributed by atoms with Gasteiger partial charge in [-0.25, -0.2) is 4.98 Å². The predicted octanol–water partition coefficient (Wildman–Crippen LogP) is 2.47. The van der Waals surface area contributed by atoms with Gasteiger partial charge < -0.3 is 14.8 Å². The second-order valence-electron chi connectivity index (χ2n) is 6.79. The fourth-order valence-corrected chi connectivity index (χ4v) is 3.99. The lowest BCUT2D eigenvalue weighted by molar-refractivity contribution is -0.128. The van der Waals surface area contributed by atoms with Crippen LogP contribution in [0.15, 0.2) is 40.3 Å². The Balaban J connectivity index is 1.52. The third-order valence-corrected chi connectivity index (χ3v) is 5.47. The van der Waals surface area contributed by atoms with Gasteiger partial charge in [0.25, 0.3) is 5.56 Å². The van der Waals surface area contributed by atoms with Gasteiger partial charge in [-0.3, -0.25) is 9.59 Å². The van der Waals surface area contributed by atoms with Crippen LogP contribution in [0.1, 0.15) is 24.6 Å². The number of carbonyl (C=O) groups is 1. The molecule has 27 heavy (non-hydrogen) atoms. The van der Waals surface area contributed by atoms with Gasteiger partial charge in [-0.1, -0.05) is 37.2 Å². The Morgan fingerprint density at radius 1 is 1.22 bits per heavy atom. The van der Waals surface area contributed by atoms with Crippen molar-refractivity contribution in [3.8, 4) is 0 Å². The number of hydrogen-bond donors (Lipinski definition) is 1. The van der Waals surface area contributed by atoms with Crippen LogP contribution in [0.2, 0.25) is 0 Å². The van der Waals surface area contributed by atoms with Crippen LogP contribution in [-0.4, -0.2) is 52.7 Å². The molecule has 2 aromatic rings. The summed E-state index contributed by atoms with van der Waals surface area (Å²) in [6.45, 7) is 7.24. The van der Waals surface area contributed by atoms with E-state index in [4.69, 9.17) is 0 Å². The zero-order valence-corrected chi connectivity index (χ0v) is 16.7. The van der Waals surface area contributed by atoms with E-state index in [1.807, 2.05) is 4.90 Å². The highest BCUT2D eigenvalue weighted by Crippen LogP contribution is 2.19. The highest BCUT2D eigenvalue weighted by Gasteiger charge is 2.21. The lowest BCUT2D eigenvalue weighted by Crippen LogP contribution is -2.49. The van der Waals surface area contributed by atoms with Crippen LogP contribution in [0, 0.1) is 6.92 Å². The van der Waals surface area contributed by atoms with Crippen LogP contribution in [0.5, 0.6) is 0 Å². The number of benzene rings is 1. The summed E-state index contributed by atoms with van der Waals surface area (Å²) in [5.74, 6) is 0.385. The molecule has 1 N–H and O–H groups in total. The molecule has 0 radical (unpaired) electrons. The summed E-state index contributed by atoms with van der Waals surface area (Å²) >= 11 is 1.30. The van der Waals surface area contributed by atoms with E-state index >= 15 is 0 Å². The molecule has 1 aliphatic rings. The molecule has 144 valence electrons. The lowest BCUT2D eigenvalue weighted by atomic mass is 10.2. The highest BCUT2D eigenvalue weighted by atomic mass is 32.2. The van der Waals surface area contributed by atoms with Crippen molar-refractivity contribution in [2.75, 3.05) is 36.8 Å². The molecule has 0 unspecified atom stereocenters. The summed E-state index contributed by atoms with van der Waals surface area (Å²) in [5, 5.41) is 0.526. The number of hydrogen-bond acceptors (Lipinski definition) is 5. The highest BCUT2D eigenvalue weighted by molar-refractivity contribution is 7.99. The Morgan fingerprint density at radius 2 is 2.00 bits per heavy atom. The molecule has 3 rings (SSSR count). The molecule has 0 spiro atoms. The van der Waals surface area contributed by atoms with Gasteiger partial charge in [-0.2, -0.15) is 0 Å². The number of nitrogens with one attached hydrogen (secondary N) is 1. The molecule has 0 aliphatic carbocycles. The van der Waals surface area contributed by atoms with Crippen molar-refractivity contribution < 1.29 is 4.79 Å². The molecular weight excluding hydrogens is 360 g/mol. The normalized spacial score (nSPS) is 14.4. The van der Waals surface area contributed by atoms with Crippen LogP contribution in [0.25, 0.3) is 0 Å². The van der Waals surface area contributed by atoms with E-state index in [-0.39, 0.29) is 11.5 Å². The summed E-state index contributed by atoms with van der Waals surface area (Å²) in [6, 6.07) is 9.98. The van der Waals surface area contributed by atoms with Crippen molar-refractivity contribution >= 4 is 23.4 Å². The monoisotopic (exact) mass is 386 g/mol. The van der Waals surface area contributed by atoms with Crippen molar-refractivity contribution in [2.45, 2.75) is 31.8 Å². The van der Waals surface area contributed by atoms with Gasteiger partial charge >= 0.3 is 0 Å². The second-order valence-corrected chi connectivity index (χ2v) is 7.75. The molecule has 7 heteroatoms. The molecule has 1 amide bonds. The molecular formula is C20H26N4O2S. The van der Waals surface area contributed by atoms with Crippen LogP contribution in [-0.2, 0) is 11.2 Å². The Hall–Kier alpha value is -2.28. The van der Waals surface area contributed by atoms with Gasteiger partial charge in [0, 0.05) is 43.6 Å². The molecule has 6 nitrogen and oxygen atoms in total. The summed E-state index contributed by atoms with van der Waals surface area (Å²) in [4.78, 5) is 35.6. The minimum Gasteiger partial charge on any atom is -0.368 e. The molecule has 1 aromatic carbocycles. The first-order chi connectivity index (χ1) is 13.0. The van der Waals surface area contributed by atoms with E-state index in [2.05, 4.69) is 53.0 Å². The summed E-state index contributed by atoms with van der Waals surface area (Å²) in [7, 11) is 0. The first-order valence-electron chi connectivity index (χ1n) is 9.37. The second kappa shape index (κ2) is 9.08. The van der Waals surface area contributed by atoms with Crippen molar-refractivity contribution in [1.82, 2.24) is 14.9 Å². The number of aromatic nitrogens is 2. The molecule has 1 aliphatic heterocycles. The van der Waals surface area contributed by atoms with Gasteiger partial charge in [0.05, 0.1) is 5.75 Å². The fraction of sp³-hybridized carbons (Fsp3) is 0.450. The third kappa shape index (κ3) is 5.35.